The van der Waals surface area contributed by atoms with Crippen LogP contribution in [0.3, 0.4) is 0 Å². The lowest BCUT2D eigenvalue weighted by molar-refractivity contribution is 0.102. The molecule has 0 atom stereocenters. The number of H-pyrrole nitrogens is 1. The second kappa shape index (κ2) is 8.37. The molecule has 8 heteroatoms. The van der Waals surface area contributed by atoms with Gasteiger partial charge in [0, 0.05) is 36.1 Å². The van der Waals surface area contributed by atoms with Crippen LogP contribution in [0.25, 0.3) is 11.3 Å². The molecule has 0 saturated carbocycles. The summed E-state index contributed by atoms with van der Waals surface area (Å²) >= 11 is 0. The molecule has 28 heavy (non-hydrogen) atoms. The van der Waals surface area contributed by atoms with Crippen LogP contribution in [0.15, 0.2) is 65.7 Å². The zero-order chi connectivity index (χ0) is 20.1. The SMILES string of the molecule is CCN(CC)S(=O)(=O)c1cccc(C(=O)Nc2cccc(-c3ccn[nH]3)c2)c1. The molecule has 0 spiro atoms. The second-order valence-electron chi connectivity index (χ2n) is 6.12. The van der Waals surface area contributed by atoms with Crippen LogP contribution in [0.1, 0.15) is 24.2 Å². The summed E-state index contributed by atoms with van der Waals surface area (Å²) in [5.41, 5.74) is 2.60. The third-order valence-corrected chi connectivity index (χ3v) is 6.42. The van der Waals surface area contributed by atoms with Gasteiger partial charge in [0.1, 0.15) is 0 Å². The molecular weight excluding hydrogens is 376 g/mol. The van der Waals surface area contributed by atoms with Crippen LogP contribution in [0.5, 0.6) is 0 Å². The topological polar surface area (TPSA) is 95.2 Å². The van der Waals surface area contributed by atoms with Crippen molar-refractivity contribution in [2.24, 2.45) is 0 Å². The number of benzene rings is 2. The number of hydrogen-bond donors (Lipinski definition) is 2. The monoisotopic (exact) mass is 398 g/mol. The first-order valence-electron chi connectivity index (χ1n) is 8.97. The molecule has 0 saturated heterocycles. The zero-order valence-electron chi connectivity index (χ0n) is 15.7. The van der Waals surface area contributed by atoms with Crippen molar-refractivity contribution in [3.8, 4) is 11.3 Å². The summed E-state index contributed by atoms with van der Waals surface area (Å²) in [7, 11) is -3.62. The molecule has 0 bridgehead atoms. The van der Waals surface area contributed by atoms with E-state index in [0.717, 1.165) is 11.3 Å². The Balaban J connectivity index is 1.83. The van der Waals surface area contributed by atoms with Gasteiger partial charge < -0.3 is 5.32 Å². The van der Waals surface area contributed by atoms with Crippen molar-refractivity contribution in [2.75, 3.05) is 18.4 Å². The maximum atomic E-state index is 12.7. The lowest BCUT2D eigenvalue weighted by Crippen LogP contribution is -2.30. The molecule has 0 fully saturated rings. The summed E-state index contributed by atoms with van der Waals surface area (Å²) in [6.45, 7) is 4.31. The Labute approximate surface area is 164 Å². The van der Waals surface area contributed by atoms with Gasteiger partial charge in [-0.3, -0.25) is 9.89 Å². The Kier molecular flexibility index (Phi) is 5.91. The van der Waals surface area contributed by atoms with Gasteiger partial charge in [0.05, 0.1) is 10.6 Å². The summed E-state index contributed by atoms with van der Waals surface area (Å²) < 4.78 is 26.7. The minimum atomic E-state index is -3.62. The molecule has 0 aliphatic rings. The number of amides is 1. The third kappa shape index (κ3) is 4.13. The number of hydrogen-bond acceptors (Lipinski definition) is 4. The number of nitrogens with zero attached hydrogens (tertiary/aromatic N) is 2. The highest BCUT2D eigenvalue weighted by Gasteiger charge is 2.22. The fraction of sp³-hybridized carbons (Fsp3) is 0.200. The zero-order valence-corrected chi connectivity index (χ0v) is 16.5. The summed E-state index contributed by atoms with van der Waals surface area (Å²) in [5.74, 6) is -0.377. The standard InChI is InChI=1S/C20H22N4O3S/c1-3-24(4-2)28(26,27)18-10-6-8-16(14-18)20(25)22-17-9-5-7-15(13-17)19-11-12-21-23-19/h5-14H,3-4H2,1-2H3,(H,21,23)(H,22,25). The number of sulfonamides is 1. The molecule has 0 radical (unpaired) electrons. The number of carbonyl (C=O) groups excluding carboxylic acids is 1. The van der Waals surface area contributed by atoms with E-state index in [1.165, 1.54) is 16.4 Å². The van der Waals surface area contributed by atoms with Crippen LogP contribution in [-0.2, 0) is 10.0 Å². The molecule has 3 rings (SSSR count). The van der Waals surface area contributed by atoms with E-state index in [-0.39, 0.29) is 16.4 Å². The minimum absolute atomic E-state index is 0.107. The van der Waals surface area contributed by atoms with Gasteiger partial charge in [-0.15, -0.1) is 0 Å². The number of aromatic nitrogens is 2. The van der Waals surface area contributed by atoms with E-state index in [1.54, 1.807) is 38.2 Å². The van der Waals surface area contributed by atoms with Crippen molar-refractivity contribution >= 4 is 21.6 Å². The maximum absolute atomic E-state index is 12.7. The van der Waals surface area contributed by atoms with Crippen LogP contribution in [0, 0.1) is 0 Å². The maximum Gasteiger partial charge on any atom is 0.255 e. The van der Waals surface area contributed by atoms with E-state index >= 15 is 0 Å². The number of aromatic amines is 1. The molecule has 2 aromatic carbocycles. The van der Waals surface area contributed by atoms with Gasteiger partial charge >= 0.3 is 0 Å². The Hall–Kier alpha value is -2.97. The van der Waals surface area contributed by atoms with Gasteiger partial charge in [-0.05, 0) is 36.4 Å². The first-order valence-corrected chi connectivity index (χ1v) is 10.4. The van der Waals surface area contributed by atoms with E-state index in [2.05, 4.69) is 15.5 Å². The molecule has 1 heterocycles. The van der Waals surface area contributed by atoms with Gasteiger partial charge in [0.25, 0.3) is 5.91 Å². The first kappa shape index (κ1) is 19.8. The van der Waals surface area contributed by atoms with Gasteiger partial charge in [-0.25, -0.2) is 8.42 Å². The highest BCUT2D eigenvalue weighted by Crippen LogP contribution is 2.22. The predicted octanol–water partition coefficient (Wildman–Crippen LogP) is 3.36. The quantitative estimate of drug-likeness (QED) is 0.638. The highest BCUT2D eigenvalue weighted by molar-refractivity contribution is 7.89. The van der Waals surface area contributed by atoms with Crippen molar-refractivity contribution in [3.05, 3.63) is 66.4 Å². The molecule has 0 unspecified atom stereocenters. The molecule has 3 aromatic rings. The molecule has 146 valence electrons. The number of nitrogens with one attached hydrogen (secondary N) is 2. The molecule has 2 N–H and O–H groups in total. The van der Waals surface area contributed by atoms with Gasteiger partial charge in [0.15, 0.2) is 0 Å². The van der Waals surface area contributed by atoms with E-state index in [0.29, 0.717) is 18.8 Å². The number of rotatable bonds is 7. The smallest absolute Gasteiger partial charge is 0.255 e. The van der Waals surface area contributed by atoms with Crippen molar-refractivity contribution < 1.29 is 13.2 Å². The molecule has 0 aliphatic carbocycles. The van der Waals surface area contributed by atoms with E-state index in [4.69, 9.17) is 0 Å². The largest absolute Gasteiger partial charge is 0.322 e. The first-order chi connectivity index (χ1) is 13.5. The molecule has 1 amide bonds. The lowest BCUT2D eigenvalue weighted by Gasteiger charge is -2.18. The van der Waals surface area contributed by atoms with Gasteiger partial charge in [-0.2, -0.15) is 9.40 Å². The lowest BCUT2D eigenvalue weighted by atomic mass is 10.1. The van der Waals surface area contributed by atoms with Crippen molar-refractivity contribution in [3.63, 3.8) is 0 Å². The van der Waals surface area contributed by atoms with Gasteiger partial charge in [-0.1, -0.05) is 32.0 Å². The van der Waals surface area contributed by atoms with E-state index in [9.17, 15) is 13.2 Å². The summed E-state index contributed by atoms with van der Waals surface area (Å²) in [4.78, 5) is 12.8. The number of carbonyl (C=O) groups is 1. The summed E-state index contributed by atoms with van der Waals surface area (Å²) in [6.07, 6.45) is 1.66. The fourth-order valence-corrected chi connectivity index (χ4v) is 4.40. The molecule has 0 aliphatic heterocycles. The molecule has 7 nitrogen and oxygen atoms in total. The Morgan fingerprint density at radius 3 is 2.50 bits per heavy atom. The minimum Gasteiger partial charge on any atom is -0.322 e. The fourth-order valence-electron chi connectivity index (χ4n) is 2.89. The van der Waals surface area contributed by atoms with Crippen LogP contribution >= 0.6 is 0 Å². The predicted molar refractivity (Wildman–Crippen MR) is 109 cm³/mol. The van der Waals surface area contributed by atoms with Gasteiger partial charge in [0.2, 0.25) is 10.0 Å². The molecular formula is C20H22N4O3S. The van der Waals surface area contributed by atoms with Crippen LogP contribution < -0.4 is 5.32 Å². The van der Waals surface area contributed by atoms with Crippen LogP contribution in [0.2, 0.25) is 0 Å². The third-order valence-electron chi connectivity index (χ3n) is 4.37. The Morgan fingerprint density at radius 2 is 1.82 bits per heavy atom. The van der Waals surface area contributed by atoms with Crippen molar-refractivity contribution in [2.45, 2.75) is 18.7 Å². The second-order valence-corrected chi connectivity index (χ2v) is 8.06. The van der Waals surface area contributed by atoms with Crippen molar-refractivity contribution in [1.29, 1.82) is 0 Å². The highest BCUT2D eigenvalue weighted by atomic mass is 32.2. The normalized spacial score (nSPS) is 11.5. The average Bonchev–Trinajstić information content (AvgIpc) is 3.24. The van der Waals surface area contributed by atoms with Crippen LogP contribution in [0.4, 0.5) is 5.69 Å². The Bertz CT molecular complexity index is 1060. The summed E-state index contributed by atoms with van der Waals surface area (Å²) in [5, 5.41) is 9.62. The Morgan fingerprint density at radius 1 is 1.07 bits per heavy atom. The number of anilines is 1. The molecule has 1 aromatic heterocycles. The van der Waals surface area contributed by atoms with E-state index < -0.39 is 10.0 Å². The average molecular weight is 398 g/mol. The van der Waals surface area contributed by atoms with Crippen molar-refractivity contribution in [1.82, 2.24) is 14.5 Å². The van der Waals surface area contributed by atoms with E-state index in [1.807, 2.05) is 24.3 Å². The van der Waals surface area contributed by atoms with Crippen LogP contribution in [-0.4, -0.2) is 41.9 Å². The summed E-state index contributed by atoms with van der Waals surface area (Å²) in [6, 6.07) is 15.2.